The van der Waals surface area contributed by atoms with E-state index in [2.05, 4.69) is 22.5 Å². The molecule has 0 fully saturated rings. The molecule has 7 heteroatoms. The van der Waals surface area contributed by atoms with E-state index >= 15 is 0 Å². The van der Waals surface area contributed by atoms with Crippen molar-refractivity contribution in [1.82, 2.24) is 15.5 Å². The lowest BCUT2D eigenvalue weighted by Gasteiger charge is -2.19. The Morgan fingerprint density at radius 1 is 1.10 bits per heavy atom. The minimum absolute atomic E-state index is 0.316. The van der Waals surface area contributed by atoms with Crippen LogP contribution in [-0.2, 0) is 0 Å². The van der Waals surface area contributed by atoms with E-state index in [-0.39, 0.29) is 0 Å². The highest BCUT2D eigenvalue weighted by atomic mass is 19.4. The van der Waals surface area contributed by atoms with Crippen LogP contribution >= 0.6 is 0 Å². The zero-order valence-electron chi connectivity index (χ0n) is 12.7. The van der Waals surface area contributed by atoms with Crippen LogP contribution in [0.15, 0.2) is 4.99 Å². The molecule has 4 nitrogen and oxygen atoms in total. The van der Waals surface area contributed by atoms with Crippen LogP contribution in [-0.4, -0.2) is 57.3 Å². The van der Waals surface area contributed by atoms with Gasteiger partial charge < -0.3 is 10.6 Å². The largest absolute Gasteiger partial charge is 0.401 e. The van der Waals surface area contributed by atoms with E-state index in [0.717, 1.165) is 13.0 Å². The van der Waals surface area contributed by atoms with Crippen LogP contribution in [0.1, 0.15) is 32.6 Å². The maximum Gasteiger partial charge on any atom is 0.401 e. The number of rotatable bonds is 9. The van der Waals surface area contributed by atoms with Gasteiger partial charge in [0.15, 0.2) is 5.96 Å². The van der Waals surface area contributed by atoms with Crippen molar-refractivity contribution < 1.29 is 13.2 Å². The molecule has 120 valence electrons. The number of guanidine groups is 1. The van der Waals surface area contributed by atoms with Gasteiger partial charge in [-0.3, -0.25) is 9.89 Å². The summed E-state index contributed by atoms with van der Waals surface area (Å²) in [6.07, 6.45) is 0.514. The fourth-order valence-electron chi connectivity index (χ4n) is 1.73. The van der Waals surface area contributed by atoms with E-state index in [1.165, 1.54) is 31.2 Å². The Morgan fingerprint density at radius 2 is 1.75 bits per heavy atom. The minimum Gasteiger partial charge on any atom is -0.356 e. The Bertz CT molecular complexity index is 267. The molecule has 0 spiro atoms. The molecule has 0 heterocycles. The standard InChI is InChI=1S/C13H27F3N4/c1-4-5-6-7-8-18-12(17-2)19-9-10-20(3)11-13(14,15)16/h4-11H2,1-3H3,(H2,17,18,19). The fraction of sp³-hybridized carbons (Fsp3) is 0.923. The second-order valence-corrected chi connectivity index (χ2v) is 4.84. The van der Waals surface area contributed by atoms with Gasteiger partial charge >= 0.3 is 6.18 Å². The number of hydrogen-bond donors (Lipinski definition) is 2. The summed E-state index contributed by atoms with van der Waals surface area (Å²) in [5, 5.41) is 6.16. The molecule has 0 aromatic carbocycles. The molecule has 0 aromatic rings. The molecule has 0 rings (SSSR count). The lowest BCUT2D eigenvalue weighted by Crippen LogP contribution is -2.42. The van der Waals surface area contributed by atoms with Crippen molar-refractivity contribution in [3.63, 3.8) is 0 Å². The molecule has 0 saturated carbocycles. The van der Waals surface area contributed by atoms with Crippen LogP contribution < -0.4 is 10.6 Å². The Balaban J connectivity index is 3.70. The average molecular weight is 296 g/mol. The molecule has 0 aliphatic heterocycles. The summed E-state index contributed by atoms with van der Waals surface area (Å²) in [4.78, 5) is 5.27. The van der Waals surface area contributed by atoms with Crippen molar-refractivity contribution in [2.24, 2.45) is 4.99 Å². The van der Waals surface area contributed by atoms with Gasteiger partial charge in [0.1, 0.15) is 0 Å². The predicted molar refractivity (Wildman–Crippen MR) is 77.1 cm³/mol. The molecule has 0 radical (unpaired) electrons. The minimum atomic E-state index is -4.14. The Morgan fingerprint density at radius 3 is 2.30 bits per heavy atom. The fourth-order valence-corrected chi connectivity index (χ4v) is 1.73. The molecule has 0 aromatic heterocycles. The number of halogens is 3. The van der Waals surface area contributed by atoms with E-state index in [1.54, 1.807) is 7.05 Å². The van der Waals surface area contributed by atoms with Crippen molar-refractivity contribution in [2.75, 3.05) is 40.3 Å². The highest BCUT2D eigenvalue weighted by Crippen LogP contribution is 2.14. The smallest absolute Gasteiger partial charge is 0.356 e. The number of unbranched alkanes of at least 4 members (excludes halogenated alkanes) is 3. The highest BCUT2D eigenvalue weighted by molar-refractivity contribution is 5.79. The molecule has 0 bridgehead atoms. The molecule has 0 atom stereocenters. The van der Waals surface area contributed by atoms with Gasteiger partial charge in [-0.15, -0.1) is 0 Å². The molecule has 0 amide bonds. The summed E-state index contributed by atoms with van der Waals surface area (Å²) < 4.78 is 36.4. The average Bonchev–Trinajstić information content (AvgIpc) is 2.34. The topological polar surface area (TPSA) is 39.7 Å². The second kappa shape index (κ2) is 10.8. The first-order valence-corrected chi connectivity index (χ1v) is 7.09. The van der Waals surface area contributed by atoms with Crippen molar-refractivity contribution in [3.05, 3.63) is 0 Å². The first-order chi connectivity index (χ1) is 9.39. The molecular weight excluding hydrogens is 269 g/mol. The summed E-state index contributed by atoms with van der Waals surface area (Å²) in [5.41, 5.74) is 0. The molecule has 0 saturated heterocycles. The Kier molecular flexibility index (Phi) is 10.2. The molecule has 0 unspecified atom stereocenters. The van der Waals surface area contributed by atoms with Gasteiger partial charge in [0.25, 0.3) is 0 Å². The summed E-state index contributed by atoms with van der Waals surface area (Å²) in [5.74, 6) is 0.641. The number of hydrogen-bond acceptors (Lipinski definition) is 2. The summed E-state index contributed by atoms with van der Waals surface area (Å²) >= 11 is 0. The highest BCUT2D eigenvalue weighted by Gasteiger charge is 2.28. The van der Waals surface area contributed by atoms with E-state index in [0.29, 0.717) is 19.0 Å². The van der Waals surface area contributed by atoms with E-state index < -0.39 is 12.7 Å². The van der Waals surface area contributed by atoms with Gasteiger partial charge in [0.05, 0.1) is 6.54 Å². The van der Waals surface area contributed by atoms with Gasteiger partial charge in [0.2, 0.25) is 0 Å². The lowest BCUT2D eigenvalue weighted by atomic mass is 10.2. The Labute approximate surface area is 119 Å². The van der Waals surface area contributed by atoms with Crippen molar-refractivity contribution >= 4 is 5.96 Å². The van der Waals surface area contributed by atoms with Crippen LogP contribution in [0.2, 0.25) is 0 Å². The van der Waals surface area contributed by atoms with Gasteiger partial charge in [-0.25, -0.2) is 0 Å². The molecule has 20 heavy (non-hydrogen) atoms. The maximum atomic E-state index is 12.1. The lowest BCUT2D eigenvalue weighted by molar-refractivity contribution is -0.142. The maximum absolute atomic E-state index is 12.1. The monoisotopic (exact) mass is 296 g/mol. The summed E-state index contributed by atoms with van der Waals surface area (Å²) in [7, 11) is 3.11. The van der Waals surface area contributed by atoms with Crippen molar-refractivity contribution in [1.29, 1.82) is 0 Å². The van der Waals surface area contributed by atoms with Crippen LogP contribution in [0, 0.1) is 0 Å². The van der Waals surface area contributed by atoms with Crippen LogP contribution in [0.5, 0.6) is 0 Å². The van der Waals surface area contributed by atoms with Crippen LogP contribution in [0.3, 0.4) is 0 Å². The number of alkyl halides is 3. The molecule has 2 N–H and O–H groups in total. The third kappa shape index (κ3) is 12.1. The zero-order chi connectivity index (χ0) is 15.4. The van der Waals surface area contributed by atoms with Gasteiger partial charge in [-0.05, 0) is 13.5 Å². The van der Waals surface area contributed by atoms with E-state index in [9.17, 15) is 13.2 Å². The normalized spacial score (nSPS) is 12.8. The molecular formula is C13H27F3N4. The molecule has 0 aliphatic rings. The summed E-state index contributed by atoms with van der Waals surface area (Å²) in [6, 6.07) is 0. The van der Waals surface area contributed by atoms with E-state index in [1.807, 2.05) is 0 Å². The third-order valence-corrected chi connectivity index (χ3v) is 2.78. The van der Waals surface area contributed by atoms with Crippen molar-refractivity contribution in [2.45, 2.75) is 38.8 Å². The van der Waals surface area contributed by atoms with E-state index in [4.69, 9.17) is 0 Å². The SMILES string of the molecule is CCCCCCNC(=NC)NCCN(C)CC(F)(F)F. The van der Waals surface area contributed by atoms with Gasteiger partial charge in [-0.2, -0.15) is 13.2 Å². The second-order valence-electron chi connectivity index (χ2n) is 4.84. The van der Waals surface area contributed by atoms with Crippen LogP contribution in [0.4, 0.5) is 13.2 Å². The van der Waals surface area contributed by atoms with Crippen molar-refractivity contribution in [3.8, 4) is 0 Å². The molecule has 0 aliphatic carbocycles. The zero-order valence-corrected chi connectivity index (χ0v) is 12.7. The Hall–Kier alpha value is -0.980. The summed E-state index contributed by atoms with van der Waals surface area (Å²) in [6.45, 7) is 2.85. The number of nitrogens with zero attached hydrogens (tertiary/aromatic N) is 2. The predicted octanol–water partition coefficient (Wildman–Crippen LogP) is 2.23. The third-order valence-electron chi connectivity index (χ3n) is 2.78. The number of nitrogens with one attached hydrogen (secondary N) is 2. The first-order valence-electron chi connectivity index (χ1n) is 7.09. The van der Waals surface area contributed by atoms with Crippen LogP contribution in [0.25, 0.3) is 0 Å². The number of likely N-dealkylation sites (N-methyl/N-ethyl adjacent to an activating group) is 1. The number of aliphatic imine (C=N–C) groups is 1. The van der Waals surface area contributed by atoms with Gasteiger partial charge in [-0.1, -0.05) is 26.2 Å². The quantitative estimate of drug-likeness (QED) is 0.389. The van der Waals surface area contributed by atoms with Gasteiger partial charge in [0, 0.05) is 26.7 Å². The first kappa shape index (κ1) is 19.0.